The average Bonchev–Trinajstić information content (AvgIpc) is 2.28. The molecule has 0 spiro atoms. The Kier molecular flexibility index (Phi) is 3.75. The van der Waals surface area contributed by atoms with Crippen molar-refractivity contribution in [2.45, 2.75) is 19.4 Å². The number of nitrogens with two attached hydrogens (primary N) is 1. The lowest BCUT2D eigenvalue weighted by atomic mass is 10.1. The van der Waals surface area contributed by atoms with E-state index in [-0.39, 0.29) is 0 Å². The van der Waals surface area contributed by atoms with Crippen LogP contribution in [0.5, 0.6) is 11.5 Å². The Morgan fingerprint density at radius 3 is 2.44 bits per heavy atom. The van der Waals surface area contributed by atoms with Crippen molar-refractivity contribution in [2.75, 3.05) is 13.7 Å². The number of ether oxygens (including phenoxy) is 2. The molecular weight excluding hydrogens is 204 g/mol. The summed E-state index contributed by atoms with van der Waals surface area (Å²) in [5, 5.41) is 8.85. The van der Waals surface area contributed by atoms with Crippen molar-refractivity contribution < 1.29 is 9.47 Å². The molecule has 0 atom stereocenters. The van der Waals surface area contributed by atoms with Crippen molar-refractivity contribution in [1.29, 1.82) is 5.26 Å². The average molecular weight is 220 g/mol. The Morgan fingerprint density at radius 2 is 1.94 bits per heavy atom. The van der Waals surface area contributed by atoms with Crippen LogP contribution < -0.4 is 15.2 Å². The summed E-state index contributed by atoms with van der Waals surface area (Å²) in [6.45, 7) is 4.17. The van der Waals surface area contributed by atoms with E-state index in [4.69, 9.17) is 20.5 Å². The second-order valence-corrected chi connectivity index (χ2v) is 4.07. The van der Waals surface area contributed by atoms with Gasteiger partial charge in [0.15, 0.2) is 0 Å². The highest BCUT2D eigenvalue weighted by Crippen LogP contribution is 2.25. The first-order chi connectivity index (χ1) is 7.50. The van der Waals surface area contributed by atoms with E-state index in [9.17, 15) is 0 Å². The van der Waals surface area contributed by atoms with Gasteiger partial charge in [-0.05, 0) is 26.0 Å². The molecule has 0 aliphatic heterocycles. The summed E-state index contributed by atoms with van der Waals surface area (Å²) in [5.74, 6) is 1.19. The number of methoxy groups -OCH3 is 1. The van der Waals surface area contributed by atoms with Crippen LogP contribution in [0.3, 0.4) is 0 Å². The highest BCUT2D eigenvalue weighted by molar-refractivity contribution is 5.44. The predicted molar refractivity (Wildman–Crippen MR) is 61.5 cm³/mol. The van der Waals surface area contributed by atoms with Crippen LogP contribution in [0.1, 0.15) is 19.4 Å². The lowest BCUT2D eigenvalue weighted by Gasteiger charge is -2.24. The summed E-state index contributed by atoms with van der Waals surface area (Å²) < 4.78 is 10.8. The zero-order chi connectivity index (χ0) is 12.2. The van der Waals surface area contributed by atoms with E-state index in [2.05, 4.69) is 6.07 Å². The zero-order valence-electron chi connectivity index (χ0n) is 9.78. The van der Waals surface area contributed by atoms with E-state index in [1.54, 1.807) is 25.3 Å². The maximum atomic E-state index is 8.85. The number of nitrogens with zero attached hydrogens (tertiary/aromatic N) is 1. The normalized spacial score (nSPS) is 10.7. The maximum Gasteiger partial charge on any atom is 0.125 e. The van der Waals surface area contributed by atoms with Crippen LogP contribution in [-0.4, -0.2) is 19.3 Å². The van der Waals surface area contributed by atoms with E-state index in [1.165, 1.54) is 0 Å². The number of hydrogen-bond donors (Lipinski definition) is 1. The van der Waals surface area contributed by atoms with Crippen molar-refractivity contribution in [1.82, 2.24) is 0 Å². The van der Waals surface area contributed by atoms with Gasteiger partial charge in [-0.2, -0.15) is 5.26 Å². The monoisotopic (exact) mass is 220 g/mol. The summed E-state index contributed by atoms with van der Waals surface area (Å²) in [6, 6.07) is 7.11. The van der Waals surface area contributed by atoms with E-state index >= 15 is 0 Å². The lowest BCUT2D eigenvalue weighted by molar-refractivity contribution is 0.118. The van der Waals surface area contributed by atoms with Crippen LogP contribution >= 0.6 is 0 Å². The molecule has 0 heterocycles. The molecule has 0 radical (unpaired) electrons. The largest absolute Gasteiger partial charge is 0.497 e. The van der Waals surface area contributed by atoms with Crippen LogP contribution in [0.25, 0.3) is 0 Å². The Balaban J connectivity index is 3.01. The third-order valence-corrected chi connectivity index (χ3v) is 2.13. The van der Waals surface area contributed by atoms with Gasteiger partial charge in [0.05, 0.1) is 18.7 Å². The molecule has 16 heavy (non-hydrogen) atoms. The minimum Gasteiger partial charge on any atom is -0.497 e. The molecule has 0 aliphatic carbocycles. The van der Waals surface area contributed by atoms with Crippen LogP contribution in [0.4, 0.5) is 0 Å². The SMILES string of the molecule is COc1cc(C#N)cc(OC(C)(C)CN)c1. The van der Waals surface area contributed by atoms with Crippen LogP contribution in [0.2, 0.25) is 0 Å². The minimum atomic E-state index is -0.459. The number of hydrogen-bond acceptors (Lipinski definition) is 4. The second kappa shape index (κ2) is 4.86. The summed E-state index contributed by atoms with van der Waals surface area (Å²) >= 11 is 0. The second-order valence-electron chi connectivity index (χ2n) is 4.07. The Labute approximate surface area is 95.6 Å². The van der Waals surface area contributed by atoms with E-state index in [0.717, 1.165) is 0 Å². The molecule has 2 N–H and O–H groups in total. The van der Waals surface area contributed by atoms with E-state index in [1.807, 2.05) is 13.8 Å². The van der Waals surface area contributed by atoms with Crippen LogP contribution in [0.15, 0.2) is 18.2 Å². The van der Waals surface area contributed by atoms with Gasteiger partial charge in [-0.25, -0.2) is 0 Å². The van der Waals surface area contributed by atoms with Gasteiger partial charge >= 0.3 is 0 Å². The Bertz CT molecular complexity index is 408. The third kappa shape index (κ3) is 3.14. The summed E-state index contributed by atoms with van der Waals surface area (Å²) in [5.41, 5.74) is 5.62. The molecule has 1 aromatic carbocycles. The van der Waals surface area contributed by atoms with Gasteiger partial charge in [-0.3, -0.25) is 0 Å². The fourth-order valence-electron chi connectivity index (χ4n) is 1.17. The lowest BCUT2D eigenvalue weighted by Crippen LogP contribution is -2.37. The van der Waals surface area contributed by atoms with Crippen molar-refractivity contribution in [3.63, 3.8) is 0 Å². The van der Waals surface area contributed by atoms with Gasteiger partial charge in [0.2, 0.25) is 0 Å². The van der Waals surface area contributed by atoms with Gasteiger partial charge in [0.1, 0.15) is 17.1 Å². The summed E-state index contributed by atoms with van der Waals surface area (Å²) in [4.78, 5) is 0. The fraction of sp³-hybridized carbons (Fsp3) is 0.417. The zero-order valence-corrected chi connectivity index (χ0v) is 9.78. The smallest absolute Gasteiger partial charge is 0.125 e. The summed E-state index contributed by atoms with van der Waals surface area (Å²) in [7, 11) is 1.55. The van der Waals surface area contributed by atoms with Gasteiger partial charge in [0, 0.05) is 12.6 Å². The molecule has 4 heteroatoms. The van der Waals surface area contributed by atoms with Gasteiger partial charge in [0.25, 0.3) is 0 Å². The van der Waals surface area contributed by atoms with Gasteiger partial charge in [-0.1, -0.05) is 0 Å². The quantitative estimate of drug-likeness (QED) is 0.838. The van der Waals surface area contributed by atoms with Crippen molar-refractivity contribution in [2.24, 2.45) is 5.73 Å². The maximum absolute atomic E-state index is 8.85. The molecule has 0 aliphatic rings. The third-order valence-electron chi connectivity index (χ3n) is 2.13. The Morgan fingerprint density at radius 1 is 1.31 bits per heavy atom. The number of benzene rings is 1. The number of rotatable bonds is 4. The molecule has 0 unspecified atom stereocenters. The topological polar surface area (TPSA) is 68.3 Å². The fourth-order valence-corrected chi connectivity index (χ4v) is 1.17. The number of nitriles is 1. The highest BCUT2D eigenvalue weighted by Gasteiger charge is 2.18. The first-order valence-corrected chi connectivity index (χ1v) is 4.99. The molecule has 86 valence electrons. The van der Waals surface area contributed by atoms with E-state index in [0.29, 0.717) is 23.6 Å². The van der Waals surface area contributed by atoms with Crippen molar-refractivity contribution >= 4 is 0 Å². The first-order valence-electron chi connectivity index (χ1n) is 4.99. The molecule has 0 saturated carbocycles. The molecule has 1 rings (SSSR count). The Hall–Kier alpha value is -1.73. The first kappa shape index (κ1) is 12.3. The molecule has 0 fully saturated rings. The van der Waals surface area contributed by atoms with Crippen molar-refractivity contribution in [3.8, 4) is 17.6 Å². The molecule has 0 aromatic heterocycles. The molecule has 1 aromatic rings. The van der Waals surface area contributed by atoms with Crippen molar-refractivity contribution in [3.05, 3.63) is 23.8 Å². The minimum absolute atomic E-state index is 0.395. The molecule has 0 bridgehead atoms. The van der Waals surface area contributed by atoms with Crippen LogP contribution in [0, 0.1) is 11.3 Å². The van der Waals surface area contributed by atoms with E-state index < -0.39 is 5.60 Å². The summed E-state index contributed by atoms with van der Waals surface area (Å²) in [6.07, 6.45) is 0. The molecular formula is C12H16N2O2. The molecule has 4 nitrogen and oxygen atoms in total. The van der Waals surface area contributed by atoms with Gasteiger partial charge < -0.3 is 15.2 Å². The predicted octanol–water partition coefficient (Wildman–Crippen LogP) is 1.68. The molecule has 0 amide bonds. The van der Waals surface area contributed by atoms with Gasteiger partial charge in [-0.15, -0.1) is 0 Å². The highest BCUT2D eigenvalue weighted by atomic mass is 16.5. The standard InChI is InChI=1S/C12H16N2O2/c1-12(2,8-14)16-11-5-9(7-13)4-10(6-11)15-3/h4-6H,8,14H2,1-3H3. The molecule has 0 saturated heterocycles. The van der Waals surface area contributed by atoms with Crippen LogP contribution in [-0.2, 0) is 0 Å².